The predicted octanol–water partition coefficient (Wildman–Crippen LogP) is 5.96. The van der Waals surface area contributed by atoms with Crippen molar-refractivity contribution in [3.63, 3.8) is 0 Å². The molecule has 0 unspecified atom stereocenters. The number of nitrogens with zero attached hydrogens (tertiary/aromatic N) is 1. The fourth-order valence-corrected chi connectivity index (χ4v) is 3.80. The highest BCUT2D eigenvalue weighted by Gasteiger charge is 2.17. The van der Waals surface area contributed by atoms with Crippen LogP contribution in [0.4, 0.5) is 5.69 Å². The van der Waals surface area contributed by atoms with Crippen molar-refractivity contribution in [2.45, 2.75) is 27.7 Å². The van der Waals surface area contributed by atoms with Gasteiger partial charge in [-0.3, -0.25) is 9.78 Å². The Kier molecular flexibility index (Phi) is 5.04. The fourth-order valence-electron chi connectivity index (χ4n) is 3.80. The van der Waals surface area contributed by atoms with Crippen molar-refractivity contribution in [2.24, 2.45) is 0 Å². The molecule has 0 atom stereocenters. The molecule has 0 saturated carbocycles. The number of amides is 1. The highest BCUT2D eigenvalue weighted by atomic mass is 16.5. The number of ether oxygens (including phenoxy) is 1. The molecule has 0 aliphatic heterocycles. The Bertz CT molecular complexity index is 1320. The molecule has 0 radical (unpaired) electrons. The Labute approximate surface area is 175 Å². The maximum atomic E-state index is 12.8. The molecule has 152 valence electrons. The molecule has 2 aromatic heterocycles. The molecule has 4 rings (SSSR count). The van der Waals surface area contributed by atoms with Crippen LogP contribution < -0.4 is 10.1 Å². The van der Waals surface area contributed by atoms with Crippen molar-refractivity contribution >= 4 is 39.0 Å². The summed E-state index contributed by atoms with van der Waals surface area (Å²) in [7, 11) is 1.63. The van der Waals surface area contributed by atoms with Crippen molar-refractivity contribution in [2.75, 3.05) is 12.4 Å². The van der Waals surface area contributed by atoms with Gasteiger partial charge in [0.25, 0.3) is 0 Å². The molecule has 5 heteroatoms. The first-order chi connectivity index (χ1) is 14.4. The van der Waals surface area contributed by atoms with Gasteiger partial charge in [0.1, 0.15) is 11.3 Å². The van der Waals surface area contributed by atoms with E-state index < -0.39 is 0 Å². The monoisotopic (exact) mass is 400 g/mol. The van der Waals surface area contributed by atoms with Gasteiger partial charge < -0.3 is 14.5 Å². The maximum absolute atomic E-state index is 12.8. The van der Waals surface area contributed by atoms with E-state index >= 15 is 0 Å². The number of hydrogen-bond donors (Lipinski definition) is 1. The predicted molar refractivity (Wildman–Crippen MR) is 121 cm³/mol. The number of carbonyl (C=O) groups is 1. The zero-order valence-corrected chi connectivity index (χ0v) is 17.8. The van der Waals surface area contributed by atoms with Gasteiger partial charge >= 0.3 is 0 Å². The summed E-state index contributed by atoms with van der Waals surface area (Å²) in [6, 6.07) is 11.6. The SMILES string of the molecule is COc1c(/C(C)=C/C(=O)Nc2cccc3nc(C)ccc23)cc2c(C)coc2c1C. The number of aromatic nitrogens is 1. The first-order valence-corrected chi connectivity index (χ1v) is 9.80. The Morgan fingerprint density at radius 2 is 1.93 bits per heavy atom. The molecule has 1 N–H and O–H groups in total. The van der Waals surface area contributed by atoms with Crippen LogP contribution in [0.3, 0.4) is 0 Å². The lowest BCUT2D eigenvalue weighted by Gasteiger charge is -2.13. The fraction of sp³-hybridized carbons (Fsp3) is 0.200. The highest BCUT2D eigenvalue weighted by molar-refractivity contribution is 6.08. The third-order valence-corrected chi connectivity index (χ3v) is 5.34. The van der Waals surface area contributed by atoms with Gasteiger partial charge in [-0.25, -0.2) is 0 Å². The van der Waals surface area contributed by atoms with Gasteiger partial charge in [0, 0.05) is 33.7 Å². The summed E-state index contributed by atoms with van der Waals surface area (Å²) in [6.45, 7) is 7.83. The summed E-state index contributed by atoms with van der Waals surface area (Å²) in [5, 5.41) is 4.92. The molecule has 2 aromatic carbocycles. The Morgan fingerprint density at radius 3 is 2.70 bits per heavy atom. The van der Waals surface area contributed by atoms with Crippen molar-refractivity contribution in [3.8, 4) is 5.75 Å². The van der Waals surface area contributed by atoms with Gasteiger partial charge in [-0.1, -0.05) is 6.07 Å². The van der Waals surface area contributed by atoms with Gasteiger partial charge in [-0.05, 0) is 69.2 Å². The number of furan rings is 1. The van der Waals surface area contributed by atoms with E-state index in [1.54, 1.807) is 19.4 Å². The van der Waals surface area contributed by atoms with Crippen LogP contribution in [-0.2, 0) is 4.79 Å². The van der Waals surface area contributed by atoms with E-state index in [4.69, 9.17) is 9.15 Å². The second-order valence-electron chi connectivity index (χ2n) is 7.52. The Balaban J connectivity index is 1.70. The molecular formula is C25H24N2O3. The van der Waals surface area contributed by atoms with Crippen molar-refractivity contribution in [1.82, 2.24) is 4.98 Å². The van der Waals surface area contributed by atoms with Crippen LogP contribution in [0.25, 0.3) is 27.4 Å². The first-order valence-electron chi connectivity index (χ1n) is 9.80. The van der Waals surface area contributed by atoms with E-state index in [1.165, 1.54) is 0 Å². The smallest absolute Gasteiger partial charge is 0.248 e. The first kappa shape index (κ1) is 19.7. The quantitative estimate of drug-likeness (QED) is 0.430. The van der Waals surface area contributed by atoms with Crippen molar-refractivity contribution in [1.29, 1.82) is 0 Å². The molecular weight excluding hydrogens is 376 g/mol. The zero-order chi connectivity index (χ0) is 21.4. The third-order valence-electron chi connectivity index (χ3n) is 5.34. The minimum Gasteiger partial charge on any atom is -0.496 e. The zero-order valence-electron chi connectivity index (χ0n) is 17.8. The number of methoxy groups -OCH3 is 1. The topological polar surface area (TPSA) is 64.4 Å². The summed E-state index contributed by atoms with van der Waals surface area (Å²) in [4.78, 5) is 17.3. The molecule has 0 aliphatic carbocycles. The number of fused-ring (bicyclic) bond motifs is 2. The molecule has 5 nitrogen and oxygen atoms in total. The molecule has 30 heavy (non-hydrogen) atoms. The largest absolute Gasteiger partial charge is 0.496 e. The van der Waals surface area contributed by atoms with Crippen LogP contribution in [0.2, 0.25) is 0 Å². The molecule has 4 aromatic rings. The van der Waals surface area contributed by atoms with Gasteiger partial charge in [-0.2, -0.15) is 0 Å². The number of allylic oxidation sites excluding steroid dienone is 1. The number of aryl methyl sites for hydroxylation is 3. The number of anilines is 1. The molecule has 0 saturated heterocycles. The summed E-state index contributed by atoms with van der Waals surface area (Å²) < 4.78 is 11.3. The van der Waals surface area contributed by atoms with E-state index in [2.05, 4.69) is 10.3 Å². The van der Waals surface area contributed by atoms with E-state index in [0.717, 1.165) is 55.5 Å². The second-order valence-corrected chi connectivity index (χ2v) is 7.52. The van der Waals surface area contributed by atoms with Crippen molar-refractivity contribution in [3.05, 3.63) is 71.1 Å². The van der Waals surface area contributed by atoms with E-state index in [9.17, 15) is 4.79 Å². The van der Waals surface area contributed by atoms with Crippen molar-refractivity contribution < 1.29 is 13.9 Å². The third kappa shape index (κ3) is 3.43. The standard InChI is InChI=1S/C25H24N2O3/c1-14(19-12-20-15(2)13-30-25(20)17(4)24(19)29-5)11-23(28)27-22-8-6-7-21-18(22)10-9-16(3)26-21/h6-13H,1-5H3,(H,27,28)/b14-11+. The van der Waals surface area contributed by atoms with Crippen LogP contribution in [0, 0.1) is 20.8 Å². The van der Waals surface area contributed by atoms with E-state index in [0.29, 0.717) is 5.75 Å². The number of nitrogens with one attached hydrogen (secondary N) is 1. The van der Waals surface area contributed by atoms with Crippen LogP contribution in [-0.4, -0.2) is 18.0 Å². The number of carbonyl (C=O) groups excluding carboxylic acids is 1. The van der Waals surface area contributed by atoms with Gasteiger partial charge in [0.05, 0.1) is 24.6 Å². The molecule has 0 spiro atoms. The highest BCUT2D eigenvalue weighted by Crippen LogP contribution is 2.37. The second kappa shape index (κ2) is 7.67. The Hall–Kier alpha value is -3.60. The molecule has 0 aliphatic rings. The lowest BCUT2D eigenvalue weighted by Crippen LogP contribution is -2.09. The lowest BCUT2D eigenvalue weighted by atomic mass is 9.98. The number of rotatable bonds is 4. The molecule has 0 fully saturated rings. The Morgan fingerprint density at radius 1 is 1.13 bits per heavy atom. The van der Waals surface area contributed by atoms with E-state index in [1.807, 2.05) is 64.1 Å². The average Bonchev–Trinajstić information content (AvgIpc) is 3.08. The molecule has 2 heterocycles. The summed E-state index contributed by atoms with van der Waals surface area (Å²) in [5.41, 5.74) is 6.99. The van der Waals surface area contributed by atoms with Crippen LogP contribution >= 0.6 is 0 Å². The van der Waals surface area contributed by atoms with Crippen LogP contribution in [0.5, 0.6) is 5.75 Å². The van der Waals surface area contributed by atoms with Crippen LogP contribution in [0.15, 0.2) is 53.2 Å². The summed E-state index contributed by atoms with van der Waals surface area (Å²) in [6.07, 6.45) is 3.34. The summed E-state index contributed by atoms with van der Waals surface area (Å²) in [5.74, 6) is 0.507. The maximum Gasteiger partial charge on any atom is 0.248 e. The molecule has 0 bridgehead atoms. The van der Waals surface area contributed by atoms with Crippen LogP contribution in [0.1, 0.15) is 29.3 Å². The average molecular weight is 400 g/mol. The van der Waals surface area contributed by atoms with Gasteiger partial charge in [0.2, 0.25) is 5.91 Å². The normalized spacial score (nSPS) is 11.8. The summed E-state index contributed by atoms with van der Waals surface area (Å²) >= 11 is 0. The number of hydrogen-bond acceptors (Lipinski definition) is 4. The minimum absolute atomic E-state index is 0.204. The van der Waals surface area contributed by atoms with Gasteiger partial charge in [0.15, 0.2) is 0 Å². The number of benzene rings is 2. The lowest BCUT2D eigenvalue weighted by molar-refractivity contribution is -0.111. The molecule has 1 amide bonds. The minimum atomic E-state index is -0.204. The van der Waals surface area contributed by atoms with E-state index in [-0.39, 0.29) is 5.91 Å². The number of pyridine rings is 1. The van der Waals surface area contributed by atoms with Gasteiger partial charge in [-0.15, -0.1) is 0 Å².